The van der Waals surface area contributed by atoms with E-state index >= 15 is 0 Å². The van der Waals surface area contributed by atoms with Crippen LogP contribution in [0.2, 0.25) is 0 Å². The summed E-state index contributed by atoms with van der Waals surface area (Å²) in [5.41, 5.74) is 4.97. The van der Waals surface area contributed by atoms with E-state index in [4.69, 9.17) is 4.99 Å². The smallest absolute Gasteiger partial charge is 0.0746 e. The highest BCUT2D eigenvalue weighted by molar-refractivity contribution is 6.07. The van der Waals surface area contributed by atoms with Gasteiger partial charge in [0.05, 0.1) is 16.9 Å². The SMILES string of the molecule is C=CC(/C=C(/CN(C)C)NC)=Nc1ccnc2cc(C)ccc12. The normalized spacial score (nSPS) is 12.7. The van der Waals surface area contributed by atoms with Crippen LogP contribution in [0.5, 0.6) is 0 Å². The molecule has 0 unspecified atom stereocenters. The first-order valence-corrected chi connectivity index (χ1v) is 7.63. The highest BCUT2D eigenvalue weighted by atomic mass is 15.1. The highest BCUT2D eigenvalue weighted by Gasteiger charge is 2.03. The maximum absolute atomic E-state index is 4.75. The van der Waals surface area contributed by atoms with Crippen LogP contribution in [-0.4, -0.2) is 43.3 Å². The molecular weight excluding hydrogens is 284 g/mol. The fourth-order valence-corrected chi connectivity index (χ4v) is 2.33. The molecule has 0 radical (unpaired) electrons. The summed E-state index contributed by atoms with van der Waals surface area (Å²) >= 11 is 0. The van der Waals surface area contributed by atoms with Gasteiger partial charge in [0.25, 0.3) is 0 Å². The second-order valence-electron chi connectivity index (χ2n) is 5.75. The molecule has 0 aliphatic rings. The van der Waals surface area contributed by atoms with Crippen molar-refractivity contribution in [1.29, 1.82) is 0 Å². The summed E-state index contributed by atoms with van der Waals surface area (Å²) in [4.78, 5) is 11.3. The molecule has 1 aromatic carbocycles. The molecule has 1 heterocycles. The monoisotopic (exact) mass is 308 g/mol. The molecule has 0 spiro atoms. The van der Waals surface area contributed by atoms with Crippen molar-refractivity contribution in [3.8, 4) is 0 Å². The van der Waals surface area contributed by atoms with Crippen LogP contribution in [0, 0.1) is 6.92 Å². The standard InChI is InChI=1S/C19H24N4/c1-6-15(12-16(20-3)13-23(4)5)22-18-9-10-21-19-11-14(2)7-8-17(18)19/h6-12,20H,1,13H2,2-5H3/b16-12-,22-15?. The third-order valence-corrected chi connectivity index (χ3v) is 3.46. The molecule has 4 nitrogen and oxygen atoms in total. The number of benzene rings is 1. The van der Waals surface area contributed by atoms with Crippen LogP contribution in [0.1, 0.15) is 5.56 Å². The number of hydrogen-bond donors (Lipinski definition) is 1. The van der Waals surface area contributed by atoms with Crippen LogP contribution >= 0.6 is 0 Å². The zero-order valence-corrected chi connectivity index (χ0v) is 14.3. The molecule has 0 saturated carbocycles. The average molecular weight is 308 g/mol. The van der Waals surface area contributed by atoms with Gasteiger partial charge in [0.15, 0.2) is 0 Å². The lowest BCUT2D eigenvalue weighted by Crippen LogP contribution is -2.22. The Morgan fingerprint density at radius 3 is 2.78 bits per heavy atom. The molecule has 2 rings (SSSR count). The summed E-state index contributed by atoms with van der Waals surface area (Å²) < 4.78 is 0. The molecule has 1 aromatic heterocycles. The number of aryl methyl sites for hydroxylation is 1. The Bertz CT molecular complexity index is 757. The number of nitrogens with one attached hydrogen (secondary N) is 1. The predicted octanol–water partition coefficient (Wildman–Crippen LogP) is 3.47. The zero-order chi connectivity index (χ0) is 16.8. The Balaban J connectivity index is 2.45. The Morgan fingerprint density at radius 2 is 2.13 bits per heavy atom. The molecule has 4 heteroatoms. The summed E-state index contributed by atoms with van der Waals surface area (Å²) in [5.74, 6) is 0. The minimum atomic E-state index is 0.819. The van der Waals surface area contributed by atoms with Gasteiger partial charge in [-0.2, -0.15) is 0 Å². The van der Waals surface area contributed by atoms with Crippen LogP contribution < -0.4 is 5.32 Å². The van der Waals surface area contributed by atoms with Gasteiger partial charge in [-0.15, -0.1) is 0 Å². The number of fused-ring (bicyclic) bond motifs is 1. The number of rotatable bonds is 6. The molecule has 0 amide bonds. The van der Waals surface area contributed by atoms with E-state index in [0.29, 0.717) is 0 Å². The molecule has 0 saturated heterocycles. The molecule has 0 fully saturated rings. The third kappa shape index (κ3) is 4.50. The summed E-state index contributed by atoms with van der Waals surface area (Å²) in [5, 5.41) is 4.25. The number of aliphatic imine (C=N–C) groups is 1. The minimum Gasteiger partial charge on any atom is -0.390 e. The minimum absolute atomic E-state index is 0.819. The van der Waals surface area contributed by atoms with E-state index < -0.39 is 0 Å². The zero-order valence-electron chi connectivity index (χ0n) is 14.3. The molecule has 2 aromatic rings. The van der Waals surface area contributed by atoms with Crippen LogP contribution in [0.4, 0.5) is 5.69 Å². The molecule has 0 atom stereocenters. The van der Waals surface area contributed by atoms with Crippen LogP contribution in [0.25, 0.3) is 10.9 Å². The van der Waals surface area contributed by atoms with Gasteiger partial charge in [-0.3, -0.25) is 4.98 Å². The van der Waals surface area contributed by atoms with E-state index in [-0.39, 0.29) is 0 Å². The van der Waals surface area contributed by atoms with Gasteiger partial charge in [-0.25, -0.2) is 4.99 Å². The largest absolute Gasteiger partial charge is 0.390 e. The van der Waals surface area contributed by atoms with Crippen molar-refractivity contribution in [3.63, 3.8) is 0 Å². The second kappa shape index (κ2) is 7.70. The Hall–Kier alpha value is -2.46. The number of nitrogens with zero attached hydrogens (tertiary/aromatic N) is 3. The number of hydrogen-bond acceptors (Lipinski definition) is 4. The number of allylic oxidation sites excluding steroid dienone is 2. The Kier molecular flexibility index (Phi) is 5.66. The van der Waals surface area contributed by atoms with Gasteiger partial charge in [0.2, 0.25) is 0 Å². The maximum Gasteiger partial charge on any atom is 0.0746 e. The molecular formula is C19H24N4. The summed E-state index contributed by atoms with van der Waals surface area (Å²) in [7, 11) is 5.99. The lowest BCUT2D eigenvalue weighted by atomic mass is 10.1. The Morgan fingerprint density at radius 1 is 1.35 bits per heavy atom. The first kappa shape index (κ1) is 16.9. The average Bonchev–Trinajstić information content (AvgIpc) is 2.52. The van der Waals surface area contributed by atoms with E-state index in [2.05, 4.69) is 46.9 Å². The van der Waals surface area contributed by atoms with E-state index in [9.17, 15) is 0 Å². The van der Waals surface area contributed by atoms with Gasteiger partial charge < -0.3 is 10.2 Å². The quantitative estimate of drug-likeness (QED) is 0.831. The molecule has 1 N–H and O–H groups in total. The molecule has 0 aliphatic carbocycles. The third-order valence-electron chi connectivity index (χ3n) is 3.46. The summed E-state index contributed by atoms with van der Waals surface area (Å²) in [6.45, 7) is 6.77. The van der Waals surface area contributed by atoms with Crippen LogP contribution in [0.15, 0.2) is 59.9 Å². The highest BCUT2D eigenvalue weighted by Crippen LogP contribution is 2.25. The van der Waals surface area contributed by atoms with Crippen molar-refractivity contribution in [2.75, 3.05) is 27.7 Å². The van der Waals surface area contributed by atoms with E-state index in [1.54, 1.807) is 12.3 Å². The lowest BCUT2D eigenvalue weighted by Gasteiger charge is -2.13. The van der Waals surface area contributed by atoms with Crippen molar-refractivity contribution in [3.05, 3.63) is 60.5 Å². The van der Waals surface area contributed by atoms with Gasteiger partial charge in [-0.05, 0) is 50.9 Å². The van der Waals surface area contributed by atoms with Crippen molar-refractivity contribution < 1.29 is 0 Å². The van der Waals surface area contributed by atoms with Gasteiger partial charge in [-0.1, -0.05) is 18.7 Å². The molecule has 120 valence electrons. The lowest BCUT2D eigenvalue weighted by molar-refractivity contribution is 0.436. The van der Waals surface area contributed by atoms with E-state index in [1.807, 2.05) is 33.3 Å². The summed E-state index contributed by atoms with van der Waals surface area (Å²) in [6.07, 6.45) is 5.59. The fourth-order valence-electron chi connectivity index (χ4n) is 2.33. The van der Waals surface area contributed by atoms with E-state index in [1.165, 1.54) is 5.56 Å². The van der Waals surface area contributed by atoms with Crippen molar-refractivity contribution in [2.45, 2.75) is 6.92 Å². The van der Waals surface area contributed by atoms with Gasteiger partial charge in [0, 0.05) is 30.9 Å². The predicted molar refractivity (Wildman–Crippen MR) is 99.5 cm³/mol. The topological polar surface area (TPSA) is 40.5 Å². The molecule has 0 bridgehead atoms. The first-order valence-electron chi connectivity index (χ1n) is 7.63. The van der Waals surface area contributed by atoms with Crippen LogP contribution in [0.3, 0.4) is 0 Å². The maximum atomic E-state index is 4.75. The molecule has 0 aliphatic heterocycles. The fraction of sp³-hybridized carbons (Fsp3) is 0.263. The number of pyridine rings is 1. The van der Waals surface area contributed by atoms with Crippen molar-refractivity contribution in [2.24, 2.45) is 4.99 Å². The van der Waals surface area contributed by atoms with Crippen molar-refractivity contribution in [1.82, 2.24) is 15.2 Å². The Labute approximate surface area is 138 Å². The van der Waals surface area contributed by atoms with Gasteiger partial charge in [0.1, 0.15) is 0 Å². The van der Waals surface area contributed by atoms with Crippen LogP contribution in [-0.2, 0) is 0 Å². The molecule has 23 heavy (non-hydrogen) atoms. The second-order valence-corrected chi connectivity index (χ2v) is 5.75. The van der Waals surface area contributed by atoms with Crippen molar-refractivity contribution >= 4 is 22.3 Å². The van der Waals surface area contributed by atoms with Gasteiger partial charge >= 0.3 is 0 Å². The number of aromatic nitrogens is 1. The van der Waals surface area contributed by atoms with E-state index in [0.717, 1.165) is 34.5 Å². The summed E-state index contributed by atoms with van der Waals surface area (Å²) in [6, 6.07) is 8.15. The first-order chi connectivity index (χ1) is 11.0. The number of likely N-dealkylation sites (N-methyl/N-ethyl adjacent to an activating group) is 2.